The molecule has 17 heavy (non-hydrogen) atoms. The molecule has 0 aromatic heterocycles. The number of amides is 1. The van der Waals surface area contributed by atoms with E-state index in [0.717, 1.165) is 25.7 Å². The molecule has 1 amide bonds. The summed E-state index contributed by atoms with van der Waals surface area (Å²) in [5, 5.41) is 0. The van der Waals surface area contributed by atoms with Crippen molar-refractivity contribution in [1.82, 2.24) is 4.90 Å². The van der Waals surface area contributed by atoms with Crippen LogP contribution in [0.5, 0.6) is 0 Å². The zero-order valence-electron chi connectivity index (χ0n) is 10.9. The smallest absolute Gasteiger partial charge is 0.307 e. The van der Waals surface area contributed by atoms with Crippen molar-refractivity contribution in [3.8, 4) is 0 Å². The molecule has 0 aromatic rings. The standard InChI is InChI=1S/C13H23NO3/c1-14(10-9-12(15)17-2)13(16)11-7-5-3-4-6-8-11/h11H,3-10H2,1-2H3. The van der Waals surface area contributed by atoms with Crippen LogP contribution in [0.4, 0.5) is 0 Å². The van der Waals surface area contributed by atoms with Gasteiger partial charge in [0.2, 0.25) is 5.91 Å². The number of methoxy groups -OCH3 is 1. The number of nitrogens with zero attached hydrogens (tertiary/aromatic N) is 1. The second kappa shape index (κ2) is 7.30. The molecule has 1 aliphatic rings. The SMILES string of the molecule is COC(=O)CCN(C)C(=O)C1CCCCCC1. The number of esters is 1. The maximum absolute atomic E-state index is 12.1. The van der Waals surface area contributed by atoms with Crippen molar-refractivity contribution < 1.29 is 14.3 Å². The van der Waals surface area contributed by atoms with E-state index in [9.17, 15) is 9.59 Å². The van der Waals surface area contributed by atoms with Crippen LogP contribution in [0.25, 0.3) is 0 Å². The van der Waals surface area contributed by atoms with E-state index in [4.69, 9.17) is 0 Å². The zero-order valence-corrected chi connectivity index (χ0v) is 10.9. The van der Waals surface area contributed by atoms with Crippen LogP contribution in [0, 0.1) is 5.92 Å². The van der Waals surface area contributed by atoms with Crippen LogP contribution >= 0.6 is 0 Å². The average molecular weight is 241 g/mol. The Morgan fingerprint density at radius 3 is 2.29 bits per heavy atom. The molecule has 0 atom stereocenters. The molecule has 1 saturated carbocycles. The van der Waals surface area contributed by atoms with Gasteiger partial charge in [0, 0.05) is 19.5 Å². The first-order valence-corrected chi connectivity index (χ1v) is 6.47. The summed E-state index contributed by atoms with van der Waals surface area (Å²) in [7, 11) is 3.14. The topological polar surface area (TPSA) is 46.6 Å². The fourth-order valence-corrected chi connectivity index (χ4v) is 2.31. The highest BCUT2D eigenvalue weighted by atomic mass is 16.5. The van der Waals surface area contributed by atoms with E-state index >= 15 is 0 Å². The lowest BCUT2D eigenvalue weighted by molar-refractivity contribution is -0.142. The van der Waals surface area contributed by atoms with Crippen LogP contribution in [-0.4, -0.2) is 37.5 Å². The maximum atomic E-state index is 12.1. The third-order valence-electron chi connectivity index (χ3n) is 3.46. The Bertz CT molecular complexity index is 257. The summed E-state index contributed by atoms with van der Waals surface area (Å²) in [5.41, 5.74) is 0. The predicted octanol–water partition coefficient (Wildman–Crippen LogP) is 1.98. The minimum Gasteiger partial charge on any atom is -0.469 e. The third kappa shape index (κ3) is 4.75. The quantitative estimate of drug-likeness (QED) is 0.558. The Balaban J connectivity index is 2.36. The molecular formula is C13H23NO3. The van der Waals surface area contributed by atoms with E-state index in [-0.39, 0.29) is 24.2 Å². The van der Waals surface area contributed by atoms with E-state index < -0.39 is 0 Å². The van der Waals surface area contributed by atoms with Crippen molar-refractivity contribution >= 4 is 11.9 Å². The summed E-state index contributed by atoms with van der Waals surface area (Å²) < 4.78 is 4.57. The summed E-state index contributed by atoms with van der Waals surface area (Å²) in [4.78, 5) is 24.8. The van der Waals surface area contributed by atoms with Gasteiger partial charge in [0.1, 0.15) is 0 Å². The molecule has 1 rings (SSSR count). The second-order valence-electron chi connectivity index (χ2n) is 4.77. The Kier molecular flexibility index (Phi) is 6.01. The van der Waals surface area contributed by atoms with Gasteiger partial charge in [-0.1, -0.05) is 25.7 Å². The van der Waals surface area contributed by atoms with Crippen molar-refractivity contribution in [2.24, 2.45) is 5.92 Å². The van der Waals surface area contributed by atoms with Gasteiger partial charge in [0.15, 0.2) is 0 Å². The number of rotatable bonds is 4. The lowest BCUT2D eigenvalue weighted by Gasteiger charge is -2.22. The first-order valence-electron chi connectivity index (χ1n) is 6.47. The van der Waals surface area contributed by atoms with Gasteiger partial charge in [-0.2, -0.15) is 0 Å². The zero-order chi connectivity index (χ0) is 12.7. The van der Waals surface area contributed by atoms with Crippen molar-refractivity contribution in [1.29, 1.82) is 0 Å². The molecule has 1 aliphatic carbocycles. The van der Waals surface area contributed by atoms with Crippen molar-refractivity contribution in [3.05, 3.63) is 0 Å². The summed E-state index contributed by atoms with van der Waals surface area (Å²) >= 11 is 0. The summed E-state index contributed by atoms with van der Waals surface area (Å²) in [6.45, 7) is 0.460. The van der Waals surface area contributed by atoms with E-state index in [1.54, 1.807) is 11.9 Å². The van der Waals surface area contributed by atoms with E-state index in [1.165, 1.54) is 20.0 Å². The van der Waals surface area contributed by atoms with Crippen LogP contribution in [0.2, 0.25) is 0 Å². The molecule has 0 N–H and O–H groups in total. The number of ether oxygens (including phenoxy) is 1. The first kappa shape index (κ1) is 14.0. The normalized spacial score (nSPS) is 17.3. The molecule has 1 fully saturated rings. The molecule has 0 radical (unpaired) electrons. The second-order valence-corrected chi connectivity index (χ2v) is 4.77. The van der Waals surface area contributed by atoms with Crippen molar-refractivity contribution in [3.63, 3.8) is 0 Å². The monoisotopic (exact) mass is 241 g/mol. The number of hydrogen-bond donors (Lipinski definition) is 0. The van der Waals surface area contributed by atoms with Crippen LogP contribution in [-0.2, 0) is 14.3 Å². The van der Waals surface area contributed by atoms with E-state index in [2.05, 4.69) is 4.74 Å². The highest BCUT2D eigenvalue weighted by Gasteiger charge is 2.23. The molecule has 0 unspecified atom stereocenters. The fourth-order valence-electron chi connectivity index (χ4n) is 2.31. The molecule has 0 bridgehead atoms. The van der Waals surface area contributed by atoms with Gasteiger partial charge in [-0.15, -0.1) is 0 Å². The van der Waals surface area contributed by atoms with E-state index in [0.29, 0.717) is 6.54 Å². The van der Waals surface area contributed by atoms with Gasteiger partial charge in [-0.25, -0.2) is 0 Å². The average Bonchev–Trinajstić information content (AvgIpc) is 2.63. The molecule has 0 saturated heterocycles. The van der Waals surface area contributed by atoms with Gasteiger partial charge in [-0.3, -0.25) is 9.59 Å². The lowest BCUT2D eigenvalue weighted by atomic mass is 9.99. The molecule has 4 nitrogen and oxygen atoms in total. The number of carbonyl (C=O) groups excluding carboxylic acids is 2. The highest BCUT2D eigenvalue weighted by Crippen LogP contribution is 2.24. The highest BCUT2D eigenvalue weighted by molar-refractivity contribution is 5.79. The minimum atomic E-state index is -0.259. The minimum absolute atomic E-state index is 0.167. The number of hydrogen-bond acceptors (Lipinski definition) is 3. The van der Waals surface area contributed by atoms with Gasteiger partial charge in [0.25, 0.3) is 0 Å². The maximum Gasteiger partial charge on any atom is 0.307 e. The van der Waals surface area contributed by atoms with Crippen LogP contribution in [0.3, 0.4) is 0 Å². The van der Waals surface area contributed by atoms with Crippen molar-refractivity contribution in [2.45, 2.75) is 44.9 Å². The van der Waals surface area contributed by atoms with Crippen molar-refractivity contribution in [2.75, 3.05) is 20.7 Å². The Labute approximate surface area is 103 Å². The van der Waals surface area contributed by atoms with Gasteiger partial charge < -0.3 is 9.64 Å². The largest absolute Gasteiger partial charge is 0.469 e. The predicted molar refractivity (Wildman–Crippen MR) is 65.5 cm³/mol. The van der Waals surface area contributed by atoms with E-state index in [1.807, 2.05) is 0 Å². The molecule has 0 heterocycles. The van der Waals surface area contributed by atoms with Gasteiger partial charge in [0.05, 0.1) is 13.5 Å². The Hall–Kier alpha value is -1.06. The molecule has 0 aromatic carbocycles. The summed E-state index contributed by atoms with van der Waals surface area (Å²) in [6, 6.07) is 0. The molecule has 4 heteroatoms. The summed E-state index contributed by atoms with van der Waals surface area (Å²) in [6.07, 6.45) is 7.09. The molecular weight excluding hydrogens is 218 g/mol. The summed E-state index contributed by atoms with van der Waals surface area (Å²) in [5.74, 6) is 0.0986. The molecule has 98 valence electrons. The number of carbonyl (C=O) groups is 2. The first-order chi connectivity index (χ1) is 8.15. The van der Waals surface area contributed by atoms with Crippen LogP contribution < -0.4 is 0 Å². The third-order valence-corrected chi connectivity index (χ3v) is 3.46. The van der Waals surface area contributed by atoms with Gasteiger partial charge in [-0.05, 0) is 12.8 Å². The van der Waals surface area contributed by atoms with Crippen LogP contribution in [0.15, 0.2) is 0 Å². The fraction of sp³-hybridized carbons (Fsp3) is 0.846. The van der Waals surface area contributed by atoms with Crippen LogP contribution in [0.1, 0.15) is 44.9 Å². The lowest BCUT2D eigenvalue weighted by Crippen LogP contribution is -2.34. The Morgan fingerprint density at radius 2 is 1.76 bits per heavy atom. The van der Waals surface area contributed by atoms with Gasteiger partial charge >= 0.3 is 5.97 Å². The Morgan fingerprint density at radius 1 is 1.18 bits per heavy atom. The molecule has 0 aliphatic heterocycles. The molecule has 0 spiro atoms.